The van der Waals surface area contributed by atoms with Crippen molar-refractivity contribution in [2.45, 2.75) is 25.5 Å². The lowest BCUT2D eigenvalue weighted by atomic mass is 10.1. The molecule has 1 aromatic rings. The fourth-order valence-corrected chi connectivity index (χ4v) is 1.85. The van der Waals surface area contributed by atoms with E-state index in [0.717, 1.165) is 5.56 Å². The fraction of sp³-hybridized carbons (Fsp3) is 0.467. The molecule has 6 heteroatoms. The Morgan fingerprint density at radius 3 is 2.38 bits per heavy atom. The van der Waals surface area contributed by atoms with Crippen LogP contribution in [0.25, 0.3) is 0 Å². The fourth-order valence-electron chi connectivity index (χ4n) is 1.85. The van der Waals surface area contributed by atoms with E-state index >= 15 is 0 Å². The summed E-state index contributed by atoms with van der Waals surface area (Å²) in [6, 6.07) is 5.94. The molecule has 0 aromatic heterocycles. The standard InChI is InChI=1S/C15H21NO5/c1-20-9-3-4-13(15(18)19)16-14(17)12-7-5-11(6-8-12)10-21-2/h5-8,13H,3-4,9-10H2,1-2H3,(H,16,17)(H,18,19). The van der Waals surface area contributed by atoms with E-state index in [9.17, 15) is 9.59 Å². The third-order valence-electron chi connectivity index (χ3n) is 2.97. The van der Waals surface area contributed by atoms with Gasteiger partial charge in [-0.05, 0) is 30.5 Å². The highest BCUT2D eigenvalue weighted by Crippen LogP contribution is 2.07. The average Bonchev–Trinajstić information content (AvgIpc) is 2.47. The van der Waals surface area contributed by atoms with E-state index in [0.29, 0.717) is 31.6 Å². The van der Waals surface area contributed by atoms with Gasteiger partial charge < -0.3 is 19.9 Å². The van der Waals surface area contributed by atoms with Crippen LogP contribution in [0.1, 0.15) is 28.8 Å². The third-order valence-corrected chi connectivity index (χ3v) is 2.97. The number of rotatable bonds is 9. The second-order valence-electron chi connectivity index (χ2n) is 4.63. The van der Waals surface area contributed by atoms with Crippen LogP contribution in [0.15, 0.2) is 24.3 Å². The topological polar surface area (TPSA) is 84.9 Å². The maximum atomic E-state index is 12.0. The van der Waals surface area contributed by atoms with Crippen LogP contribution < -0.4 is 5.32 Å². The minimum absolute atomic E-state index is 0.330. The average molecular weight is 295 g/mol. The van der Waals surface area contributed by atoms with Gasteiger partial charge in [0, 0.05) is 26.4 Å². The largest absolute Gasteiger partial charge is 0.480 e. The van der Waals surface area contributed by atoms with Gasteiger partial charge in [0.1, 0.15) is 6.04 Å². The summed E-state index contributed by atoms with van der Waals surface area (Å²) in [5, 5.41) is 11.6. The normalized spacial score (nSPS) is 11.9. The van der Waals surface area contributed by atoms with Crippen molar-refractivity contribution in [3.8, 4) is 0 Å². The van der Waals surface area contributed by atoms with Crippen LogP contribution in [-0.2, 0) is 20.9 Å². The molecular formula is C15H21NO5. The van der Waals surface area contributed by atoms with E-state index in [4.69, 9.17) is 14.6 Å². The number of methoxy groups -OCH3 is 2. The number of carbonyl (C=O) groups excluding carboxylic acids is 1. The van der Waals surface area contributed by atoms with Crippen LogP contribution in [0.3, 0.4) is 0 Å². The molecule has 0 spiro atoms. The molecule has 116 valence electrons. The first kappa shape index (κ1) is 17.1. The van der Waals surface area contributed by atoms with Crippen molar-refractivity contribution in [2.24, 2.45) is 0 Å². The quantitative estimate of drug-likeness (QED) is 0.673. The van der Waals surface area contributed by atoms with Crippen LogP contribution in [0.2, 0.25) is 0 Å². The molecule has 0 radical (unpaired) electrons. The lowest BCUT2D eigenvalue weighted by Crippen LogP contribution is -2.40. The molecule has 0 fully saturated rings. The molecule has 1 aromatic carbocycles. The van der Waals surface area contributed by atoms with Gasteiger partial charge in [0.2, 0.25) is 0 Å². The summed E-state index contributed by atoms with van der Waals surface area (Å²) < 4.78 is 9.87. The van der Waals surface area contributed by atoms with Crippen molar-refractivity contribution in [2.75, 3.05) is 20.8 Å². The van der Waals surface area contributed by atoms with E-state index in [2.05, 4.69) is 5.32 Å². The first-order chi connectivity index (χ1) is 10.1. The summed E-state index contributed by atoms with van der Waals surface area (Å²) in [6.45, 7) is 0.933. The smallest absolute Gasteiger partial charge is 0.326 e. The van der Waals surface area contributed by atoms with Gasteiger partial charge in [0.25, 0.3) is 5.91 Å². The van der Waals surface area contributed by atoms with Crippen LogP contribution in [0, 0.1) is 0 Å². The minimum Gasteiger partial charge on any atom is -0.480 e. The van der Waals surface area contributed by atoms with Crippen LogP contribution in [0.5, 0.6) is 0 Å². The van der Waals surface area contributed by atoms with Crippen molar-refractivity contribution >= 4 is 11.9 Å². The second-order valence-corrected chi connectivity index (χ2v) is 4.63. The number of amides is 1. The predicted octanol–water partition coefficient (Wildman–Crippen LogP) is 1.44. The zero-order valence-corrected chi connectivity index (χ0v) is 12.3. The number of hydrogen-bond acceptors (Lipinski definition) is 4. The van der Waals surface area contributed by atoms with Gasteiger partial charge >= 0.3 is 5.97 Å². The summed E-state index contributed by atoms with van der Waals surface area (Å²) in [6.07, 6.45) is 0.900. The highest BCUT2D eigenvalue weighted by atomic mass is 16.5. The Morgan fingerprint density at radius 2 is 1.86 bits per heavy atom. The number of carbonyl (C=O) groups is 2. The maximum absolute atomic E-state index is 12.0. The van der Waals surface area contributed by atoms with Crippen LogP contribution in [0.4, 0.5) is 0 Å². The molecule has 0 aliphatic carbocycles. The second kappa shape index (κ2) is 9.10. The van der Waals surface area contributed by atoms with Crippen molar-refractivity contribution < 1.29 is 24.2 Å². The summed E-state index contributed by atoms with van der Waals surface area (Å²) in [4.78, 5) is 23.2. The number of nitrogens with one attached hydrogen (secondary N) is 1. The zero-order chi connectivity index (χ0) is 15.7. The Kier molecular flexibility index (Phi) is 7.42. The Morgan fingerprint density at radius 1 is 1.19 bits per heavy atom. The Balaban J connectivity index is 2.61. The van der Waals surface area contributed by atoms with Crippen molar-refractivity contribution in [3.63, 3.8) is 0 Å². The Hall–Kier alpha value is -1.92. The van der Waals surface area contributed by atoms with Gasteiger partial charge in [0.15, 0.2) is 0 Å². The molecule has 0 aliphatic heterocycles. The van der Waals surface area contributed by atoms with Gasteiger partial charge in [-0.1, -0.05) is 12.1 Å². The lowest BCUT2D eigenvalue weighted by Gasteiger charge is -2.14. The summed E-state index contributed by atoms with van der Waals surface area (Å²) in [7, 11) is 3.15. The van der Waals surface area contributed by atoms with Gasteiger partial charge in [-0.25, -0.2) is 4.79 Å². The van der Waals surface area contributed by atoms with Crippen LogP contribution >= 0.6 is 0 Å². The molecule has 6 nitrogen and oxygen atoms in total. The first-order valence-electron chi connectivity index (χ1n) is 6.69. The summed E-state index contributed by atoms with van der Waals surface area (Å²) >= 11 is 0. The highest BCUT2D eigenvalue weighted by molar-refractivity contribution is 5.96. The van der Waals surface area contributed by atoms with Crippen molar-refractivity contribution in [1.82, 2.24) is 5.32 Å². The van der Waals surface area contributed by atoms with Crippen molar-refractivity contribution in [1.29, 1.82) is 0 Å². The SMILES string of the molecule is COCCCC(NC(=O)c1ccc(COC)cc1)C(=O)O. The van der Waals surface area contributed by atoms with E-state index in [1.165, 1.54) is 0 Å². The van der Waals surface area contributed by atoms with Crippen LogP contribution in [-0.4, -0.2) is 43.9 Å². The van der Waals surface area contributed by atoms with Gasteiger partial charge in [-0.15, -0.1) is 0 Å². The van der Waals surface area contributed by atoms with E-state index in [1.54, 1.807) is 38.5 Å². The van der Waals surface area contributed by atoms with E-state index in [1.807, 2.05) is 0 Å². The molecule has 1 rings (SSSR count). The number of ether oxygens (including phenoxy) is 2. The van der Waals surface area contributed by atoms with Crippen molar-refractivity contribution in [3.05, 3.63) is 35.4 Å². The Labute approximate surface area is 124 Å². The number of hydrogen-bond donors (Lipinski definition) is 2. The molecule has 0 saturated heterocycles. The minimum atomic E-state index is -1.05. The number of carboxylic acid groups (broad SMARTS) is 1. The number of benzene rings is 1. The molecule has 1 unspecified atom stereocenters. The third kappa shape index (κ3) is 5.93. The monoisotopic (exact) mass is 295 g/mol. The van der Waals surface area contributed by atoms with Gasteiger partial charge in [-0.2, -0.15) is 0 Å². The molecule has 0 aliphatic rings. The molecule has 0 bridgehead atoms. The van der Waals surface area contributed by atoms with E-state index in [-0.39, 0.29) is 0 Å². The molecular weight excluding hydrogens is 274 g/mol. The predicted molar refractivity (Wildman–Crippen MR) is 77.2 cm³/mol. The maximum Gasteiger partial charge on any atom is 0.326 e. The molecule has 0 saturated carbocycles. The zero-order valence-electron chi connectivity index (χ0n) is 12.3. The molecule has 0 heterocycles. The molecule has 2 N–H and O–H groups in total. The van der Waals surface area contributed by atoms with E-state index < -0.39 is 17.9 Å². The summed E-state index contributed by atoms with van der Waals surface area (Å²) in [5.74, 6) is -1.45. The van der Waals surface area contributed by atoms with Gasteiger partial charge in [0.05, 0.1) is 6.61 Å². The highest BCUT2D eigenvalue weighted by Gasteiger charge is 2.20. The lowest BCUT2D eigenvalue weighted by molar-refractivity contribution is -0.139. The Bertz CT molecular complexity index is 458. The number of aliphatic carboxylic acids is 1. The molecule has 1 atom stereocenters. The summed E-state index contributed by atoms with van der Waals surface area (Å²) in [5.41, 5.74) is 1.37. The molecule has 21 heavy (non-hydrogen) atoms. The van der Waals surface area contributed by atoms with Gasteiger partial charge in [-0.3, -0.25) is 4.79 Å². The molecule has 1 amide bonds. The number of carboxylic acids is 1. The first-order valence-corrected chi connectivity index (χ1v) is 6.69.